The first-order valence-electron chi connectivity index (χ1n) is 6.53. The minimum absolute atomic E-state index is 0.0194. The van der Waals surface area contributed by atoms with E-state index in [1.54, 1.807) is 18.9 Å². The van der Waals surface area contributed by atoms with Crippen LogP contribution in [0.1, 0.15) is 45.2 Å². The van der Waals surface area contributed by atoms with Crippen LogP contribution >= 0.6 is 0 Å². The fraction of sp³-hybridized carbons (Fsp3) is 0.533. The van der Waals surface area contributed by atoms with Gasteiger partial charge in [0.25, 0.3) is 0 Å². The van der Waals surface area contributed by atoms with Gasteiger partial charge in [-0.15, -0.1) is 0 Å². The van der Waals surface area contributed by atoms with Crippen molar-refractivity contribution in [2.75, 3.05) is 7.05 Å². The number of halogens is 2. The molecular formula is C15H21F2NO. The van der Waals surface area contributed by atoms with E-state index >= 15 is 0 Å². The Hall–Kier alpha value is -1.45. The highest BCUT2D eigenvalue weighted by atomic mass is 19.2. The normalized spacial score (nSPS) is 12.6. The monoisotopic (exact) mass is 269 g/mol. The van der Waals surface area contributed by atoms with Crippen LogP contribution in [0.25, 0.3) is 0 Å². The summed E-state index contributed by atoms with van der Waals surface area (Å²) in [6, 6.07) is 3.48. The predicted octanol–water partition coefficient (Wildman–Crippen LogP) is 3.92. The van der Waals surface area contributed by atoms with Crippen LogP contribution < -0.4 is 0 Å². The van der Waals surface area contributed by atoms with Gasteiger partial charge < -0.3 is 4.90 Å². The molecule has 2 nitrogen and oxygen atoms in total. The standard InChI is InChI=1S/C15H21F2NO/c1-10(2)5-8-15(19)18(4)11(3)12-6-7-13(16)14(17)9-12/h6-7,9-11H,5,8H2,1-4H3. The molecule has 1 rings (SSSR count). The van der Waals surface area contributed by atoms with Crippen LogP contribution in [-0.2, 0) is 4.79 Å². The summed E-state index contributed by atoms with van der Waals surface area (Å²) in [5, 5.41) is 0. The van der Waals surface area contributed by atoms with Gasteiger partial charge in [-0.3, -0.25) is 4.79 Å². The third kappa shape index (κ3) is 4.30. The molecule has 0 saturated carbocycles. The molecule has 4 heteroatoms. The maximum atomic E-state index is 13.2. The second kappa shape index (κ2) is 6.64. The predicted molar refractivity (Wildman–Crippen MR) is 71.6 cm³/mol. The van der Waals surface area contributed by atoms with E-state index in [1.807, 2.05) is 0 Å². The molecule has 19 heavy (non-hydrogen) atoms. The quantitative estimate of drug-likeness (QED) is 0.793. The van der Waals surface area contributed by atoms with Gasteiger partial charge in [0.1, 0.15) is 0 Å². The fourth-order valence-electron chi connectivity index (χ4n) is 1.80. The minimum atomic E-state index is -0.882. The summed E-state index contributed by atoms with van der Waals surface area (Å²) < 4.78 is 26.1. The molecule has 1 aromatic carbocycles. The molecule has 1 aromatic rings. The first kappa shape index (κ1) is 15.6. The molecule has 106 valence electrons. The van der Waals surface area contributed by atoms with Gasteiger partial charge in [0.05, 0.1) is 6.04 Å². The van der Waals surface area contributed by atoms with Gasteiger partial charge in [0.15, 0.2) is 11.6 Å². The molecule has 0 N–H and O–H groups in total. The third-order valence-electron chi connectivity index (χ3n) is 3.34. The van der Waals surface area contributed by atoms with Crippen LogP contribution in [0.5, 0.6) is 0 Å². The fourth-order valence-corrected chi connectivity index (χ4v) is 1.80. The molecule has 0 radical (unpaired) electrons. The van der Waals surface area contributed by atoms with Crippen molar-refractivity contribution in [2.24, 2.45) is 5.92 Å². The Morgan fingerprint density at radius 3 is 2.37 bits per heavy atom. The van der Waals surface area contributed by atoms with Gasteiger partial charge in [-0.25, -0.2) is 8.78 Å². The number of carbonyl (C=O) groups is 1. The van der Waals surface area contributed by atoms with Crippen molar-refractivity contribution >= 4 is 5.91 Å². The first-order chi connectivity index (χ1) is 8.82. The summed E-state index contributed by atoms with van der Waals surface area (Å²) in [5.74, 6) is -1.26. The SMILES string of the molecule is CC(C)CCC(=O)N(C)C(C)c1ccc(F)c(F)c1. The van der Waals surface area contributed by atoms with Crippen LogP contribution in [0.15, 0.2) is 18.2 Å². The lowest BCUT2D eigenvalue weighted by Gasteiger charge is -2.25. The average Bonchev–Trinajstić information content (AvgIpc) is 2.37. The van der Waals surface area contributed by atoms with Crippen molar-refractivity contribution in [3.63, 3.8) is 0 Å². The summed E-state index contributed by atoms with van der Waals surface area (Å²) in [4.78, 5) is 13.6. The lowest BCUT2D eigenvalue weighted by atomic mass is 10.0. The molecule has 0 bridgehead atoms. The zero-order valence-electron chi connectivity index (χ0n) is 11.9. The topological polar surface area (TPSA) is 20.3 Å². The van der Waals surface area contributed by atoms with Crippen molar-refractivity contribution in [2.45, 2.75) is 39.7 Å². The minimum Gasteiger partial charge on any atom is -0.339 e. The number of rotatable bonds is 5. The van der Waals surface area contributed by atoms with Gasteiger partial charge in [-0.1, -0.05) is 19.9 Å². The highest BCUT2D eigenvalue weighted by Crippen LogP contribution is 2.22. The molecule has 0 aliphatic rings. The summed E-state index contributed by atoms with van der Waals surface area (Å²) in [6.07, 6.45) is 1.30. The van der Waals surface area contributed by atoms with E-state index in [0.29, 0.717) is 17.9 Å². The average molecular weight is 269 g/mol. The summed E-state index contributed by atoms with van der Waals surface area (Å²) in [6.45, 7) is 5.93. The maximum absolute atomic E-state index is 13.2. The van der Waals surface area contributed by atoms with E-state index in [4.69, 9.17) is 0 Å². The molecule has 0 spiro atoms. The van der Waals surface area contributed by atoms with Crippen molar-refractivity contribution in [3.05, 3.63) is 35.4 Å². The molecular weight excluding hydrogens is 248 g/mol. The lowest BCUT2D eigenvalue weighted by Crippen LogP contribution is -2.29. The highest BCUT2D eigenvalue weighted by Gasteiger charge is 2.18. The van der Waals surface area contributed by atoms with Crippen LogP contribution in [-0.4, -0.2) is 17.9 Å². The van der Waals surface area contributed by atoms with Crippen LogP contribution in [0.3, 0.4) is 0 Å². The lowest BCUT2D eigenvalue weighted by molar-refractivity contribution is -0.132. The molecule has 1 amide bonds. The Morgan fingerprint density at radius 1 is 1.21 bits per heavy atom. The Morgan fingerprint density at radius 2 is 1.84 bits per heavy atom. The highest BCUT2D eigenvalue weighted by molar-refractivity contribution is 5.76. The van der Waals surface area contributed by atoms with E-state index in [9.17, 15) is 13.6 Å². The number of benzene rings is 1. The summed E-state index contributed by atoms with van der Waals surface area (Å²) in [7, 11) is 1.69. The number of hydrogen-bond acceptors (Lipinski definition) is 1. The molecule has 0 fully saturated rings. The number of nitrogens with zero attached hydrogens (tertiary/aromatic N) is 1. The molecule has 1 atom stereocenters. The van der Waals surface area contributed by atoms with E-state index in [1.165, 1.54) is 6.07 Å². The van der Waals surface area contributed by atoms with Gasteiger partial charge in [0.2, 0.25) is 5.91 Å². The molecule has 1 unspecified atom stereocenters. The number of carbonyl (C=O) groups excluding carboxylic acids is 1. The Labute approximate surface area is 113 Å². The molecule has 0 aliphatic carbocycles. The number of amides is 1. The zero-order valence-corrected chi connectivity index (χ0v) is 11.9. The molecule has 0 saturated heterocycles. The summed E-state index contributed by atoms with van der Waals surface area (Å²) in [5.41, 5.74) is 0.597. The zero-order chi connectivity index (χ0) is 14.6. The van der Waals surface area contributed by atoms with E-state index in [0.717, 1.165) is 18.6 Å². The third-order valence-corrected chi connectivity index (χ3v) is 3.34. The van der Waals surface area contributed by atoms with Crippen molar-refractivity contribution in [1.82, 2.24) is 4.90 Å². The first-order valence-corrected chi connectivity index (χ1v) is 6.53. The second-order valence-electron chi connectivity index (χ2n) is 5.29. The van der Waals surface area contributed by atoms with Gasteiger partial charge in [0, 0.05) is 13.5 Å². The van der Waals surface area contributed by atoms with Crippen LogP contribution in [0.2, 0.25) is 0 Å². The Balaban J connectivity index is 2.72. The largest absolute Gasteiger partial charge is 0.339 e. The van der Waals surface area contributed by atoms with Crippen molar-refractivity contribution < 1.29 is 13.6 Å². The van der Waals surface area contributed by atoms with Gasteiger partial charge in [-0.2, -0.15) is 0 Å². The Kier molecular flexibility index (Phi) is 5.45. The van der Waals surface area contributed by atoms with E-state index in [-0.39, 0.29) is 11.9 Å². The van der Waals surface area contributed by atoms with Crippen LogP contribution in [0.4, 0.5) is 8.78 Å². The van der Waals surface area contributed by atoms with Crippen molar-refractivity contribution in [3.8, 4) is 0 Å². The molecule has 0 aliphatic heterocycles. The van der Waals surface area contributed by atoms with Crippen LogP contribution in [0, 0.1) is 17.6 Å². The molecule has 0 aromatic heterocycles. The van der Waals surface area contributed by atoms with E-state index in [2.05, 4.69) is 13.8 Å². The second-order valence-corrected chi connectivity index (χ2v) is 5.29. The summed E-state index contributed by atoms with van der Waals surface area (Å²) >= 11 is 0. The smallest absolute Gasteiger partial charge is 0.222 e. The molecule has 0 heterocycles. The van der Waals surface area contributed by atoms with Gasteiger partial charge >= 0.3 is 0 Å². The van der Waals surface area contributed by atoms with E-state index < -0.39 is 11.6 Å². The van der Waals surface area contributed by atoms with Crippen molar-refractivity contribution in [1.29, 1.82) is 0 Å². The maximum Gasteiger partial charge on any atom is 0.222 e. The Bertz CT molecular complexity index is 446. The van der Waals surface area contributed by atoms with Gasteiger partial charge in [-0.05, 0) is 37.0 Å². The number of hydrogen-bond donors (Lipinski definition) is 0.